The van der Waals surface area contributed by atoms with Gasteiger partial charge in [-0.2, -0.15) is 0 Å². The lowest BCUT2D eigenvalue weighted by Gasteiger charge is -2.05. The Morgan fingerprint density at radius 1 is 0.786 bits per heavy atom. The van der Waals surface area contributed by atoms with Gasteiger partial charge in [0.05, 0.1) is 0 Å². The SMILES string of the molecule is CCCCCCCCCCCCCCCCCCNC(=O)c1ccc[nH]c1=O. The molecular weight excluding hydrogens is 348 g/mol. The Morgan fingerprint density at radius 2 is 1.25 bits per heavy atom. The van der Waals surface area contributed by atoms with E-state index in [0.29, 0.717) is 6.54 Å². The van der Waals surface area contributed by atoms with Gasteiger partial charge in [-0.05, 0) is 18.6 Å². The Bertz CT molecular complexity index is 554. The molecule has 0 fully saturated rings. The number of hydrogen-bond acceptors (Lipinski definition) is 2. The summed E-state index contributed by atoms with van der Waals surface area (Å²) in [5.41, 5.74) is -0.133. The molecule has 4 heteroatoms. The van der Waals surface area contributed by atoms with Gasteiger partial charge < -0.3 is 10.3 Å². The van der Waals surface area contributed by atoms with E-state index in [4.69, 9.17) is 0 Å². The van der Waals surface area contributed by atoms with E-state index in [1.807, 2.05) is 0 Å². The van der Waals surface area contributed by atoms with E-state index in [1.54, 1.807) is 12.1 Å². The van der Waals surface area contributed by atoms with Gasteiger partial charge in [0, 0.05) is 12.7 Å². The van der Waals surface area contributed by atoms with Crippen LogP contribution in [0.2, 0.25) is 0 Å². The fraction of sp³-hybridized carbons (Fsp3) is 0.750. The lowest BCUT2D eigenvalue weighted by Crippen LogP contribution is -2.29. The van der Waals surface area contributed by atoms with Gasteiger partial charge in [-0.25, -0.2) is 0 Å². The largest absolute Gasteiger partial charge is 0.352 e. The Kier molecular flexibility index (Phi) is 15.3. The number of unbranched alkanes of at least 4 members (excludes halogenated alkanes) is 15. The quantitative estimate of drug-likeness (QED) is 0.286. The predicted molar refractivity (Wildman–Crippen MR) is 119 cm³/mol. The summed E-state index contributed by atoms with van der Waals surface area (Å²) in [6.07, 6.45) is 23.0. The zero-order valence-corrected chi connectivity index (χ0v) is 18.1. The highest BCUT2D eigenvalue weighted by molar-refractivity contribution is 5.93. The Hall–Kier alpha value is -1.58. The molecule has 0 aliphatic heterocycles. The number of amides is 1. The maximum Gasteiger partial charge on any atom is 0.260 e. The van der Waals surface area contributed by atoms with Crippen LogP contribution in [-0.4, -0.2) is 17.4 Å². The first-order chi connectivity index (χ1) is 13.8. The van der Waals surface area contributed by atoms with Crippen LogP contribution in [0.3, 0.4) is 0 Å². The maximum absolute atomic E-state index is 11.9. The van der Waals surface area contributed by atoms with Gasteiger partial charge in [0.2, 0.25) is 0 Å². The molecule has 1 aromatic heterocycles. The second-order valence-electron chi connectivity index (χ2n) is 7.97. The number of pyridine rings is 1. The second-order valence-corrected chi connectivity index (χ2v) is 7.97. The number of carbonyl (C=O) groups excluding carboxylic acids is 1. The van der Waals surface area contributed by atoms with E-state index in [2.05, 4.69) is 17.2 Å². The van der Waals surface area contributed by atoms with E-state index in [1.165, 1.54) is 96.1 Å². The zero-order chi connectivity index (χ0) is 20.3. The number of hydrogen-bond donors (Lipinski definition) is 2. The molecule has 2 N–H and O–H groups in total. The monoisotopic (exact) mass is 390 g/mol. The minimum Gasteiger partial charge on any atom is -0.352 e. The number of aromatic amines is 1. The molecule has 0 unspecified atom stereocenters. The van der Waals surface area contributed by atoms with Gasteiger partial charge >= 0.3 is 0 Å². The van der Waals surface area contributed by atoms with Crippen molar-refractivity contribution in [1.29, 1.82) is 0 Å². The third-order valence-corrected chi connectivity index (χ3v) is 5.38. The van der Waals surface area contributed by atoms with Crippen LogP contribution in [0.15, 0.2) is 23.1 Å². The standard InChI is InChI=1S/C24H42N2O2/c1-2-3-4-5-6-7-8-9-10-11-12-13-14-15-16-17-20-25-23(27)22-19-18-21-26-24(22)28/h18-19,21H,2-17,20H2,1H3,(H,25,27)(H,26,28). The van der Waals surface area contributed by atoms with E-state index in [-0.39, 0.29) is 17.0 Å². The normalized spacial score (nSPS) is 10.9. The maximum atomic E-state index is 11.9. The van der Waals surface area contributed by atoms with Gasteiger partial charge in [-0.3, -0.25) is 9.59 Å². The van der Waals surface area contributed by atoms with Crippen molar-refractivity contribution in [3.8, 4) is 0 Å². The first-order valence-electron chi connectivity index (χ1n) is 11.7. The lowest BCUT2D eigenvalue weighted by atomic mass is 10.0. The third kappa shape index (κ3) is 12.7. The van der Waals surface area contributed by atoms with Crippen molar-refractivity contribution in [2.24, 2.45) is 0 Å². The fourth-order valence-electron chi connectivity index (χ4n) is 3.57. The molecule has 0 aromatic carbocycles. The van der Waals surface area contributed by atoms with Gasteiger partial charge in [-0.15, -0.1) is 0 Å². The van der Waals surface area contributed by atoms with E-state index >= 15 is 0 Å². The molecule has 0 aliphatic carbocycles. The summed E-state index contributed by atoms with van der Waals surface area (Å²) in [5.74, 6) is -0.275. The van der Waals surface area contributed by atoms with E-state index in [0.717, 1.165) is 12.8 Å². The van der Waals surface area contributed by atoms with Gasteiger partial charge in [0.15, 0.2) is 0 Å². The Morgan fingerprint density at radius 3 is 1.71 bits per heavy atom. The predicted octanol–water partition coefficient (Wildman–Crippen LogP) is 6.37. The highest BCUT2D eigenvalue weighted by Gasteiger charge is 2.07. The van der Waals surface area contributed by atoms with Crippen LogP contribution in [0.4, 0.5) is 0 Å². The van der Waals surface area contributed by atoms with Gasteiger partial charge in [0.25, 0.3) is 11.5 Å². The summed E-state index contributed by atoms with van der Waals surface area (Å²) in [5, 5.41) is 2.83. The molecule has 4 nitrogen and oxygen atoms in total. The first kappa shape index (κ1) is 24.5. The lowest BCUT2D eigenvalue weighted by molar-refractivity contribution is 0.0951. The van der Waals surface area contributed by atoms with E-state index in [9.17, 15) is 9.59 Å². The average molecular weight is 391 g/mol. The molecule has 0 saturated carbocycles. The number of rotatable bonds is 18. The second kappa shape index (κ2) is 17.5. The summed E-state index contributed by atoms with van der Waals surface area (Å²) in [6, 6.07) is 3.23. The molecule has 0 bridgehead atoms. The van der Waals surface area contributed by atoms with Crippen LogP contribution in [0.5, 0.6) is 0 Å². The molecule has 0 radical (unpaired) electrons. The Balaban J connectivity index is 1.80. The Labute approximate surface area is 171 Å². The summed E-state index contributed by atoms with van der Waals surface area (Å²) >= 11 is 0. The van der Waals surface area contributed by atoms with Crippen molar-refractivity contribution in [2.75, 3.05) is 6.54 Å². The summed E-state index contributed by atoms with van der Waals surface area (Å²) in [6.45, 7) is 2.92. The third-order valence-electron chi connectivity index (χ3n) is 5.38. The van der Waals surface area contributed by atoms with Crippen molar-refractivity contribution in [3.63, 3.8) is 0 Å². The molecule has 160 valence electrons. The molecule has 0 aliphatic rings. The topological polar surface area (TPSA) is 62.0 Å². The van der Waals surface area contributed by atoms with Gasteiger partial charge in [0.1, 0.15) is 5.56 Å². The van der Waals surface area contributed by atoms with Crippen molar-refractivity contribution < 1.29 is 4.79 Å². The van der Waals surface area contributed by atoms with Crippen LogP contribution in [0, 0.1) is 0 Å². The molecular formula is C24H42N2O2. The molecule has 1 rings (SSSR count). The molecule has 28 heavy (non-hydrogen) atoms. The van der Waals surface area contributed by atoms with Gasteiger partial charge in [-0.1, -0.05) is 103 Å². The van der Waals surface area contributed by atoms with Crippen LogP contribution >= 0.6 is 0 Å². The summed E-state index contributed by atoms with van der Waals surface area (Å²) < 4.78 is 0. The molecule has 0 atom stereocenters. The summed E-state index contributed by atoms with van der Waals surface area (Å²) in [4.78, 5) is 25.9. The number of carbonyl (C=O) groups is 1. The average Bonchev–Trinajstić information content (AvgIpc) is 2.70. The highest BCUT2D eigenvalue weighted by atomic mass is 16.2. The number of nitrogens with one attached hydrogen (secondary N) is 2. The minimum atomic E-state index is -0.327. The molecule has 0 saturated heterocycles. The highest BCUT2D eigenvalue weighted by Crippen LogP contribution is 2.13. The van der Waals surface area contributed by atoms with Crippen LogP contribution in [0.1, 0.15) is 120 Å². The van der Waals surface area contributed by atoms with Crippen molar-refractivity contribution >= 4 is 5.91 Å². The first-order valence-corrected chi connectivity index (χ1v) is 11.7. The summed E-state index contributed by atoms with van der Waals surface area (Å²) in [7, 11) is 0. The fourth-order valence-corrected chi connectivity index (χ4v) is 3.57. The number of H-pyrrole nitrogens is 1. The number of aromatic nitrogens is 1. The molecule has 1 aromatic rings. The van der Waals surface area contributed by atoms with Crippen molar-refractivity contribution in [1.82, 2.24) is 10.3 Å². The molecule has 1 amide bonds. The van der Waals surface area contributed by atoms with Crippen LogP contribution in [0.25, 0.3) is 0 Å². The molecule has 1 heterocycles. The smallest absolute Gasteiger partial charge is 0.260 e. The van der Waals surface area contributed by atoms with Crippen LogP contribution < -0.4 is 10.9 Å². The minimum absolute atomic E-state index is 0.194. The van der Waals surface area contributed by atoms with Crippen LogP contribution in [-0.2, 0) is 0 Å². The van der Waals surface area contributed by atoms with Crippen molar-refractivity contribution in [2.45, 2.75) is 110 Å². The van der Waals surface area contributed by atoms with E-state index < -0.39 is 0 Å². The molecule has 0 spiro atoms. The van der Waals surface area contributed by atoms with Crippen molar-refractivity contribution in [3.05, 3.63) is 34.2 Å². The zero-order valence-electron chi connectivity index (χ0n) is 18.1.